The molecular weight excluding hydrogens is 413 g/mol. The summed E-state index contributed by atoms with van der Waals surface area (Å²) >= 11 is 0. The van der Waals surface area contributed by atoms with Crippen LogP contribution in [0.3, 0.4) is 0 Å². The molecule has 162 valence electrons. The van der Waals surface area contributed by atoms with E-state index in [1.165, 1.54) is 35.4 Å². The Morgan fingerprint density at radius 1 is 1.06 bits per heavy atom. The molecule has 0 atom stereocenters. The lowest BCUT2D eigenvalue weighted by Gasteiger charge is -2.34. The number of alkyl halides is 3. The summed E-state index contributed by atoms with van der Waals surface area (Å²) in [6.07, 6.45) is -1.12. The van der Waals surface area contributed by atoms with Gasteiger partial charge < -0.3 is 5.32 Å². The minimum Gasteiger partial charge on any atom is -0.349 e. The third-order valence-corrected chi connectivity index (χ3v) is 5.13. The molecule has 1 aliphatic heterocycles. The van der Waals surface area contributed by atoms with E-state index in [4.69, 9.17) is 0 Å². The van der Waals surface area contributed by atoms with Crippen LogP contribution in [0.2, 0.25) is 0 Å². The van der Waals surface area contributed by atoms with Crippen molar-refractivity contribution in [2.75, 3.05) is 18.0 Å². The van der Waals surface area contributed by atoms with Crippen LogP contribution < -0.4 is 10.2 Å². The highest BCUT2D eigenvalue weighted by Gasteiger charge is 2.39. The van der Waals surface area contributed by atoms with Crippen molar-refractivity contribution in [1.82, 2.24) is 15.2 Å². The lowest BCUT2D eigenvalue weighted by Crippen LogP contribution is -2.52. The maximum Gasteiger partial charge on any atom is 0.417 e. The van der Waals surface area contributed by atoms with E-state index in [-0.39, 0.29) is 30.9 Å². The van der Waals surface area contributed by atoms with Crippen molar-refractivity contribution in [1.29, 1.82) is 0 Å². The predicted octanol–water partition coefficient (Wildman–Crippen LogP) is 3.47. The standard InChI is InChI=1S/C21H19F3N4O3/c22-21(23,24)16-5-2-1-4-15(16)19(30)28-11-3-10-27(20(28)31)17-9-6-13(12-25-17)18(29)26-14-7-8-14/h1-2,4-6,9,12,14H,3,7-8,10-11H2,(H,26,29). The van der Waals surface area contributed by atoms with Gasteiger partial charge in [0.25, 0.3) is 11.8 Å². The Kier molecular flexibility index (Phi) is 5.38. The van der Waals surface area contributed by atoms with Crippen molar-refractivity contribution in [2.45, 2.75) is 31.5 Å². The zero-order valence-electron chi connectivity index (χ0n) is 16.4. The molecule has 1 aromatic carbocycles. The van der Waals surface area contributed by atoms with Crippen molar-refractivity contribution < 1.29 is 27.6 Å². The molecule has 4 rings (SSSR count). The number of pyridine rings is 1. The smallest absolute Gasteiger partial charge is 0.349 e. The number of carbonyl (C=O) groups excluding carboxylic acids is 3. The van der Waals surface area contributed by atoms with E-state index in [0.29, 0.717) is 12.0 Å². The molecule has 0 unspecified atom stereocenters. The average Bonchev–Trinajstić information content (AvgIpc) is 3.57. The van der Waals surface area contributed by atoms with E-state index in [1.807, 2.05) is 0 Å². The van der Waals surface area contributed by atoms with Crippen molar-refractivity contribution in [2.24, 2.45) is 0 Å². The number of imide groups is 1. The van der Waals surface area contributed by atoms with Crippen LogP contribution >= 0.6 is 0 Å². The van der Waals surface area contributed by atoms with E-state index in [2.05, 4.69) is 10.3 Å². The number of benzene rings is 1. The normalized spacial score (nSPS) is 16.9. The number of carbonyl (C=O) groups is 3. The number of amides is 4. The minimum atomic E-state index is -4.72. The third kappa shape index (κ3) is 4.37. The second kappa shape index (κ2) is 8.01. The first kappa shape index (κ1) is 20.8. The molecular formula is C21H19F3N4O3. The Balaban J connectivity index is 1.53. The summed E-state index contributed by atoms with van der Waals surface area (Å²) in [5.41, 5.74) is -1.33. The lowest BCUT2D eigenvalue weighted by molar-refractivity contribution is -0.138. The number of hydrogen-bond donors (Lipinski definition) is 1. The largest absolute Gasteiger partial charge is 0.417 e. The van der Waals surface area contributed by atoms with E-state index >= 15 is 0 Å². The van der Waals surface area contributed by atoms with E-state index < -0.39 is 29.2 Å². The van der Waals surface area contributed by atoms with Crippen LogP contribution in [0.1, 0.15) is 45.5 Å². The van der Waals surface area contributed by atoms with Gasteiger partial charge in [0.15, 0.2) is 0 Å². The summed E-state index contributed by atoms with van der Waals surface area (Å²) in [4.78, 5) is 44.0. The Morgan fingerprint density at radius 2 is 1.81 bits per heavy atom. The fourth-order valence-electron chi connectivity index (χ4n) is 3.36. The van der Waals surface area contributed by atoms with Gasteiger partial charge in [-0.25, -0.2) is 9.78 Å². The van der Waals surface area contributed by atoms with Crippen LogP contribution in [-0.2, 0) is 6.18 Å². The molecule has 1 N–H and O–H groups in total. The maximum absolute atomic E-state index is 13.3. The van der Waals surface area contributed by atoms with Gasteiger partial charge in [-0.2, -0.15) is 13.2 Å². The van der Waals surface area contributed by atoms with Crippen LogP contribution in [0.25, 0.3) is 0 Å². The third-order valence-electron chi connectivity index (χ3n) is 5.13. The second-order valence-electron chi connectivity index (χ2n) is 7.44. The molecule has 10 heteroatoms. The first-order chi connectivity index (χ1) is 14.8. The average molecular weight is 432 g/mol. The van der Waals surface area contributed by atoms with Crippen molar-refractivity contribution in [3.05, 3.63) is 59.3 Å². The molecule has 1 saturated carbocycles. The van der Waals surface area contributed by atoms with Gasteiger partial charge in [0.2, 0.25) is 0 Å². The van der Waals surface area contributed by atoms with Crippen LogP contribution in [-0.4, -0.2) is 46.9 Å². The number of rotatable bonds is 4. The number of anilines is 1. The van der Waals surface area contributed by atoms with Crippen molar-refractivity contribution in [3.63, 3.8) is 0 Å². The van der Waals surface area contributed by atoms with Crippen LogP contribution in [0, 0.1) is 0 Å². The molecule has 0 bridgehead atoms. The van der Waals surface area contributed by atoms with Gasteiger partial charge in [-0.1, -0.05) is 12.1 Å². The highest BCUT2D eigenvalue weighted by Crippen LogP contribution is 2.33. The fourth-order valence-corrected chi connectivity index (χ4v) is 3.36. The Morgan fingerprint density at radius 3 is 2.45 bits per heavy atom. The summed E-state index contributed by atoms with van der Waals surface area (Å²) in [6.45, 7) is 0.256. The Bertz CT molecular complexity index is 1020. The van der Waals surface area contributed by atoms with Gasteiger partial charge in [0.05, 0.1) is 16.7 Å². The van der Waals surface area contributed by atoms with E-state index in [9.17, 15) is 27.6 Å². The summed E-state index contributed by atoms with van der Waals surface area (Å²) in [5.74, 6) is -1.05. The minimum absolute atomic E-state index is 0.00222. The summed E-state index contributed by atoms with van der Waals surface area (Å²) in [6, 6.07) is 6.82. The number of nitrogens with one attached hydrogen (secondary N) is 1. The van der Waals surface area contributed by atoms with E-state index in [0.717, 1.165) is 29.9 Å². The SMILES string of the molecule is O=C(NC1CC1)c1ccc(N2CCCN(C(=O)c3ccccc3C(F)(F)F)C2=O)nc1. The highest BCUT2D eigenvalue weighted by molar-refractivity contribution is 6.09. The first-order valence-corrected chi connectivity index (χ1v) is 9.82. The summed E-state index contributed by atoms with van der Waals surface area (Å²) < 4.78 is 39.9. The van der Waals surface area contributed by atoms with Crippen LogP contribution in [0.15, 0.2) is 42.6 Å². The molecule has 0 radical (unpaired) electrons. The number of urea groups is 1. The number of hydrogen-bond acceptors (Lipinski definition) is 4. The highest BCUT2D eigenvalue weighted by atomic mass is 19.4. The number of halogens is 3. The van der Waals surface area contributed by atoms with Crippen LogP contribution in [0.5, 0.6) is 0 Å². The van der Waals surface area contributed by atoms with Gasteiger partial charge in [0.1, 0.15) is 5.82 Å². The van der Waals surface area contributed by atoms with Gasteiger partial charge in [-0.3, -0.25) is 19.4 Å². The monoisotopic (exact) mass is 432 g/mol. The molecule has 2 fully saturated rings. The molecule has 1 aromatic heterocycles. The summed E-state index contributed by atoms with van der Waals surface area (Å²) in [5, 5.41) is 2.83. The van der Waals surface area contributed by atoms with Crippen molar-refractivity contribution in [3.8, 4) is 0 Å². The second-order valence-corrected chi connectivity index (χ2v) is 7.44. The van der Waals surface area contributed by atoms with Gasteiger partial charge in [0, 0.05) is 25.3 Å². The number of aromatic nitrogens is 1. The molecule has 31 heavy (non-hydrogen) atoms. The van der Waals surface area contributed by atoms with Gasteiger partial charge in [-0.05, 0) is 43.5 Å². The zero-order valence-corrected chi connectivity index (χ0v) is 16.4. The van der Waals surface area contributed by atoms with Crippen LogP contribution in [0.4, 0.5) is 23.8 Å². The topological polar surface area (TPSA) is 82.6 Å². The Labute approximate surface area is 175 Å². The quantitative estimate of drug-likeness (QED) is 0.802. The number of nitrogens with zero attached hydrogens (tertiary/aromatic N) is 3. The molecule has 0 spiro atoms. The summed E-state index contributed by atoms with van der Waals surface area (Å²) in [7, 11) is 0. The molecule has 1 aliphatic carbocycles. The molecule has 1 saturated heterocycles. The maximum atomic E-state index is 13.3. The first-order valence-electron chi connectivity index (χ1n) is 9.82. The van der Waals surface area contributed by atoms with Gasteiger partial charge >= 0.3 is 12.2 Å². The van der Waals surface area contributed by atoms with Crippen molar-refractivity contribution >= 4 is 23.7 Å². The molecule has 4 amide bonds. The zero-order chi connectivity index (χ0) is 22.2. The molecule has 2 aliphatic rings. The lowest BCUT2D eigenvalue weighted by atomic mass is 10.1. The predicted molar refractivity (Wildman–Crippen MR) is 105 cm³/mol. The van der Waals surface area contributed by atoms with Gasteiger partial charge in [-0.15, -0.1) is 0 Å². The van der Waals surface area contributed by atoms with E-state index in [1.54, 1.807) is 0 Å². The Hall–Kier alpha value is -3.43. The molecule has 2 heterocycles. The molecule has 7 nitrogen and oxygen atoms in total. The fraction of sp³-hybridized carbons (Fsp3) is 0.333. The molecule has 2 aromatic rings.